The minimum atomic E-state index is -0.525. The highest BCUT2D eigenvalue weighted by atomic mass is 35.5. The Hall–Kier alpha value is -2.28. The average Bonchev–Trinajstić information content (AvgIpc) is 3.11. The van der Waals surface area contributed by atoms with Crippen LogP contribution in [0.15, 0.2) is 42.5 Å². The number of aromatic nitrogens is 1. The summed E-state index contributed by atoms with van der Waals surface area (Å²) in [7, 11) is 0. The lowest BCUT2D eigenvalue weighted by atomic mass is 10.2. The molecule has 2 aromatic heterocycles. The average molecular weight is 408 g/mol. The van der Waals surface area contributed by atoms with Crippen LogP contribution >= 0.6 is 34.5 Å². The maximum absolute atomic E-state index is 12.5. The normalized spacial score (nSPS) is 10.6. The molecule has 26 heavy (non-hydrogen) atoms. The molecule has 8 heteroatoms. The molecule has 0 saturated carbocycles. The van der Waals surface area contributed by atoms with E-state index in [2.05, 4.69) is 10.9 Å². The molecule has 0 aliphatic carbocycles. The van der Waals surface area contributed by atoms with Crippen LogP contribution < -0.4 is 10.9 Å². The maximum Gasteiger partial charge on any atom is 0.272 e. The Kier molecular flexibility index (Phi) is 5.36. The van der Waals surface area contributed by atoms with Gasteiger partial charge in [-0.25, -0.2) is 0 Å². The van der Waals surface area contributed by atoms with Crippen molar-refractivity contribution in [1.82, 2.24) is 15.4 Å². The van der Waals surface area contributed by atoms with Crippen LogP contribution in [0.4, 0.5) is 0 Å². The van der Waals surface area contributed by atoms with Crippen LogP contribution in [0.1, 0.15) is 32.1 Å². The van der Waals surface area contributed by atoms with Crippen LogP contribution in [0.3, 0.4) is 0 Å². The van der Waals surface area contributed by atoms with Crippen LogP contribution in [0.5, 0.6) is 0 Å². The maximum atomic E-state index is 12.5. The number of nitrogens with zero attached hydrogens (tertiary/aromatic N) is 1. The number of thiophene rings is 1. The second-order valence-electron chi connectivity index (χ2n) is 5.60. The number of hydrogen-bond acceptors (Lipinski definition) is 3. The molecule has 134 valence electrons. The molecule has 0 radical (unpaired) electrons. The van der Waals surface area contributed by atoms with E-state index >= 15 is 0 Å². The van der Waals surface area contributed by atoms with Gasteiger partial charge in [0, 0.05) is 17.1 Å². The Labute approximate surface area is 164 Å². The monoisotopic (exact) mass is 407 g/mol. The Balaban J connectivity index is 1.77. The van der Waals surface area contributed by atoms with Gasteiger partial charge in [0.2, 0.25) is 0 Å². The van der Waals surface area contributed by atoms with Crippen molar-refractivity contribution >= 4 is 46.4 Å². The van der Waals surface area contributed by atoms with Gasteiger partial charge in [-0.05, 0) is 38.1 Å². The Morgan fingerprint density at radius 3 is 2.15 bits per heavy atom. The quantitative estimate of drug-likeness (QED) is 0.626. The number of para-hydroxylation sites is 1. The molecule has 2 amide bonds. The zero-order valence-corrected chi connectivity index (χ0v) is 16.3. The number of carbonyl (C=O) groups is 2. The number of hydrogen-bond donors (Lipinski definition) is 2. The summed E-state index contributed by atoms with van der Waals surface area (Å²) < 4.78 is 2.65. The molecule has 0 spiro atoms. The summed E-state index contributed by atoms with van der Waals surface area (Å²) in [5.41, 5.74) is 8.13. The van der Waals surface area contributed by atoms with Crippen LogP contribution in [-0.4, -0.2) is 16.4 Å². The number of nitrogens with one attached hydrogen (secondary N) is 2. The largest absolute Gasteiger partial charge is 0.318 e. The highest BCUT2D eigenvalue weighted by molar-refractivity contribution is 7.20. The summed E-state index contributed by atoms with van der Waals surface area (Å²) in [4.78, 5) is 24.6. The third-order valence-electron chi connectivity index (χ3n) is 3.88. The number of rotatable bonds is 3. The summed E-state index contributed by atoms with van der Waals surface area (Å²) in [6, 6.07) is 13.0. The highest BCUT2D eigenvalue weighted by Crippen LogP contribution is 2.30. The van der Waals surface area contributed by atoms with Crippen LogP contribution in [-0.2, 0) is 0 Å². The van der Waals surface area contributed by atoms with Crippen molar-refractivity contribution in [3.8, 4) is 5.69 Å². The highest BCUT2D eigenvalue weighted by Gasteiger charge is 2.19. The molecule has 2 heterocycles. The van der Waals surface area contributed by atoms with E-state index in [1.807, 2.05) is 48.7 Å². The zero-order chi connectivity index (χ0) is 18.8. The molecule has 2 N–H and O–H groups in total. The Morgan fingerprint density at radius 1 is 0.962 bits per heavy atom. The van der Waals surface area contributed by atoms with E-state index in [1.165, 1.54) is 6.07 Å². The second kappa shape index (κ2) is 7.53. The SMILES string of the molecule is Cc1cc(C(=O)NNC(=O)c2cc(Cl)sc2Cl)c(C)n1-c1ccccc1. The third-order valence-corrected chi connectivity index (χ3v) is 5.37. The molecule has 3 rings (SSSR count). The molecule has 0 unspecified atom stereocenters. The van der Waals surface area contributed by atoms with E-state index < -0.39 is 11.8 Å². The van der Waals surface area contributed by atoms with Gasteiger partial charge < -0.3 is 4.57 Å². The van der Waals surface area contributed by atoms with Crippen LogP contribution in [0.2, 0.25) is 8.67 Å². The van der Waals surface area contributed by atoms with Gasteiger partial charge in [0.1, 0.15) is 4.34 Å². The predicted molar refractivity (Wildman–Crippen MR) is 105 cm³/mol. The first kappa shape index (κ1) is 18.5. The first-order chi connectivity index (χ1) is 12.4. The van der Waals surface area contributed by atoms with Crippen molar-refractivity contribution in [2.75, 3.05) is 0 Å². The van der Waals surface area contributed by atoms with Gasteiger partial charge in [0.15, 0.2) is 0 Å². The standard InChI is InChI=1S/C18H15Cl2N3O2S/c1-10-8-13(11(2)23(10)12-6-4-3-5-7-12)17(24)21-22-18(25)14-9-15(19)26-16(14)20/h3-9H,1-2H3,(H,21,24)(H,22,25). The van der Waals surface area contributed by atoms with E-state index in [0.717, 1.165) is 28.4 Å². The smallest absolute Gasteiger partial charge is 0.272 e. The van der Waals surface area contributed by atoms with Gasteiger partial charge in [-0.1, -0.05) is 41.4 Å². The lowest BCUT2D eigenvalue weighted by Crippen LogP contribution is -2.41. The van der Waals surface area contributed by atoms with Crippen LogP contribution in [0.25, 0.3) is 5.69 Å². The van der Waals surface area contributed by atoms with E-state index in [4.69, 9.17) is 23.2 Å². The van der Waals surface area contributed by atoms with Gasteiger partial charge in [0.05, 0.1) is 15.5 Å². The number of halogens is 2. The van der Waals surface area contributed by atoms with Gasteiger partial charge >= 0.3 is 0 Å². The van der Waals surface area contributed by atoms with Crippen molar-refractivity contribution < 1.29 is 9.59 Å². The van der Waals surface area contributed by atoms with Crippen molar-refractivity contribution in [3.63, 3.8) is 0 Å². The lowest BCUT2D eigenvalue weighted by molar-refractivity contribution is 0.0846. The van der Waals surface area contributed by atoms with Crippen molar-refractivity contribution in [3.05, 3.63) is 73.7 Å². The number of carbonyl (C=O) groups excluding carboxylic acids is 2. The molecule has 0 aliphatic heterocycles. The van der Waals surface area contributed by atoms with E-state index in [9.17, 15) is 9.59 Å². The first-order valence-corrected chi connectivity index (χ1v) is 9.25. The number of aryl methyl sites for hydroxylation is 1. The number of hydrazine groups is 1. The minimum absolute atomic E-state index is 0.219. The Bertz CT molecular complexity index is 980. The summed E-state index contributed by atoms with van der Waals surface area (Å²) in [6.45, 7) is 3.77. The molecule has 0 aliphatic rings. The Morgan fingerprint density at radius 2 is 1.58 bits per heavy atom. The summed E-state index contributed by atoms with van der Waals surface area (Å²) in [5.74, 6) is -0.936. The second-order valence-corrected chi connectivity index (χ2v) is 7.89. The van der Waals surface area contributed by atoms with Gasteiger partial charge in [-0.2, -0.15) is 0 Å². The zero-order valence-electron chi connectivity index (χ0n) is 14.0. The summed E-state index contributed by atoms with van der Waals surface area (Å²) in [5, 5.41) is 0. The van der Waals surface area contributed by atoms with Crippen molar-refractivity contribution in [1.29, 1.82) is 0 Å². The first-order valence-electron chi connectivity index (χ1n) is 7.68. The van der Waals surface area contributed by atoms with Crippen molar-refractivity contribution in [2.24, 2.45) is 0 Å². The fourth-order valence-electron chi connectivity index (χ4n) is 2.71. The summed E-state index contributed by atoms with van der Waals surface area (Å²) >= 11 is 12.9. The predicted octanol–water partition coefficient (Wildman–Crippen LogP) is 4.54. The molecule has 5 nitrogen and oxygen atoms in total. The molecular weight excluding hydrogens is 393 g/mol. The van der Waals surface area contributed by atoms with Gasteiger partial charge in [-0.15, -0.1) is 11.3 Å². The fraction of sp³-hybridized carbons (Fsp3) is 0.111. The topological polar surface area (TPSA) is 63.1 Å². The molecule has 0 atom stereocenters. The van der Waals surface area contributed by atoms with Crippen LogP contribution in [0, 0.1) is 13.8 Å². The molecule has 3 aromatic rings. The molecule has 0 fully saturated rings. The molecule has 1 aromatic carbocycles. The molecule has 0 bridgehead atoms. The molecule has 0 saturated heterocycles. The third kappa shape index (κ3) is 3.62. The van der Waals surface area contributed by atoms with E-state index in [0.29, 0.717) is 9.90 Å². The summed E-state index contributed by atoms with van der Waals surface area (Å²) in [6.07, 6.45) is 0. The fourth-order valence-corrected chi connectivity index (χ4v) is 4.17. The van der Waals surface area contributed by atoms with Gasteiger partial charge in [-0.3, -0.25) is 20.4 Å². The number of benzene rings is 1. The number of amides is 2. The van der Waals surface area contributed by atoms with E-state index in [-0.39, 0.29) is 9.90 Å². The van der Waals surface area contributed by atoms with E-state index in [1.54, 1.807) is 6.07 Å². The van der Waals surface area contributed by atoms with Crippen molar-refractivity contribution in [2.45, 2.75) is 13.8 Å². The van der Waals surface area contributed by atoms with Gasteiger partial charge in [0.25, 0.3) is 11.8 Å². The lowest BCUT2D eigenvalue weighted by Gasteiger charge is -2.10. The minimum Gasteiger partial charge on any atom is -0.318 e. The molecular formula is C18H15Cl2N3O2S.